The predicted molar refractivity (Wildman–Crippen MR) is 220 cm³/mol. The molecule has 3 atom stereocenters. The second kappa shape index (κ2) is 14.2. The van der Waals surface area contributed by atoms with Gasteiger partial charge in [-0.2, -0.15) is 13.2 Å². The fourth-order valence-electron chi connectivity index (χ4n) is 9.83. The van der Waals surface area contributed by atoms with Gasteiger partial charge in [-0.3, -0.25) is 9.59 Å². The quantitative estimate of drug-likeness (QED) is 0.175. The molecule has 3 aliphatic heterocycles. The normalized spacial score (nSPS) is 20.7. The smallest absolute Gasteiger partial charge is 0.370 e. The molecule has 4 aromatic carbocycles. The fourth-order valence-corrected chi connectivity index (χ4v) is 10.2. The van der Waals surface area contributed by atoms with E-state index in [9.17, 15) is 22.8 Å². The van der Waals surface area contributed by atoms with Gasteiger partial charge in [0.2, 0.25) is 5.91 Å². The number of likely N-dealkylation sites (tertiary alicyclic amines) is 1. The summed E-state index contributed by atoms with van der Waals surface area (Å²) < 4.78 is 44.8. The topological polar surface area (TPSA) is 86.3 Å². The zero-order valence-corrected chi connectivity index (χ0v) is 32.8. The number of benzene rings is 4. The lowest BCUT2D eigenvalue weighted by atomic mass is 9.71. The number of alkyl halides is 3. The van der Waals surface area contributed by atoms with Gasteiger partial charge in [0, 0.05) is 64.2 Å². The highest BCUT2D eigenvalue weighted by atomic mass is 35.5. The van der Waals surface area contributed by atoms with Crippen LogP contribution in [0.2, 0.25) is 10.0 Å². The van der Waals surface area contributed by atoms with Crippen LogP contribution in [0.1, 0.15) is 71.7 Å². The molecule has 4 aliphatic rings. The first-order valence-corrected chi connectivity index (χ1v) is 20.6. The monoisotopic (exact) mass is 822 g/mol. The molecule has 2 aromatic heterocycles. The number of halogens is 5. The van der Waals surface area contributed by atoms with Gasteiger partial charge < -0.3 is 24.7 Å². The first-order valence-electron chi connectivity index (χ1n) is 19.8. The Bertz CT molecular complexity index is 2580. The molecule has 5 heterocycles. The number of nitrogens with one attached hydrogen (secondary N) is 2. The van der Waals surface area contributed by atoms with E-state index in [1.54, 1.807) is 12.4 Å². The van der Waals surface area contributed by atoms with Crippen LogP contribution < -0.4 is 10.2 Å². The van der Waals surface area contributed by atoms with Crippen LogP contribution >= 0.6 is 23.2 Å². The summed E-state index contributed by atoms with van der Waals surface area (Å²) >= 11 is 13.1. The van der Waals surface area contributed by atoms with E-state index in [0.29, 0.717) is 82.4 Å². The zero-order chi connectivity index (χ0) is 39.9. The van der Waals surface area contributed by atoms with Gasteiger partial charge in [-0.1, -0.05) is 65.7 Å². The molecular weight excluding hydrogens is 784 g/mol. The number of aromatic amines is 1. The van der Waals surface area contributed by atoms with Gasteiger partial charge in [-0.05, 0) is 97.5 Å². The number of H-pyrrole nitrogens is 1. The third-order valence-corrected chi connectivity index (χ3v) is 13.3. The molecule has 6 aromatic rings. The number of piperidine rings is 1. The van der Waals surface area contributed by atoms with Gasteiger partial charge in [0.1, 0.15) is 5.69 Å². The van der Waals surface area contributed by atoms with E-state index in [2.05, 4.69) is 15.2 Å². The molecule has 296 valence electrons. The number of nitrogens with zero attached hydrogens (tertiary/aromatic N) is 4. The number of anilines is 2. The van der Waals surface area contributed by atoms with Crippen molar-refractivity contribution in [1.29, 1.82) is 0 Å². The molecule has 10 rings (SSSR count). The van der Waals surface area contributed by atoms with Crippen molar-refractivity contribution < 1.29 is 22.8 Å². The van der Waals surface area contributed by atoms with E-state index in [1.165, 1.54) is 12.5 Å². The standard InChI is InChI=1S/C45H39Cl2F3N6O2/c46-30-11-8-27(9-12-30)42-33-22-31(47)23-35-38(33)39(43-40(51-24-56(42)43)26-4-2-1-3-5-26)41(52-35)44(58)53-34-21-29(45(48,49)50)10-13-36(34)54-17-15-32(16-18-54)55-19-14-25-6-7-28(25)20-37(55)57/h1-5,8-13,21-25,28,32,42,52H,6-7,14-20H2,(H,53,58). The van der Waals surface area contributed by atoms with Crippen LogP contribution in [0.3, 0.4) is 0 Å². The molecule has 0 radical (unpaired) electrons. The number of fused-ring (bicyclic) bond motifs is 3. The largest absolute Gasteiger partial charge is 0.416 e. The van der Waals surface area contributed by atoms with Crippen molar-refractivity contribution in [3.05, 3.63) is 124 Å². The molecule has 13 heteroatoms. The Morgan fingerprint density at radius 2 is 1.60 bits per heavy atom. The SMILES string of the molecule is O=C(Nc1cc(C(F)(F)F)ccc1N1CCC(N2CCC3CCC3CC2=O)CC1)c1[nH]c2cc(Cl)cc3c2c1-c1c(-c2ccccc2)ncn1C3c1ccc(Cl)cc1. The zero-order valence-electron chi connectivity index (χ0n) is 31.3. The number of hydrogen-bond acceptors (Lipinski definition) is 4. The summed E-state index contributed by atoms with van der Waals surface area (Å²) in [6.45, 7) is 1.82. The van der Waals surface area contributed by atoms with E-state index in [0.717, 1.165) is 53.6 Å². The van der Waals surface area contributed by atoms with Crippen LogP contribution in [0.15, 0.2) is 91.3 Å². The molecule has 2 N–H and O–H groups in total. The van der Waals surface area contributed by atoms with Gasteiger partial charge in [-0.15, -0.1) is 0 Å². The molecule has 2 amide bonds. The Morgan fingerprint density at radius 1 is 0.845 bits per heavy atom. The lowest BCUT2D eigenvalue weighted by molar-refractivity contribution is -0.137. The summed E-state index contributed by atoms with van der Waals surface area (Å²) in [5.41, 5.74) is 4.95. The number of rotatable bonds is 6. The summed E-state index contributed by atoms with van der Waals surface area (Å²) in [5, 5.41) is 4.72. The van der Waals surface area contributed by atoms with Crippen LogP contribution in [0, 0.1) is 11.8 Å². The third kappa shape index (κ3) is 6.34. The molecule has 2 saturated heterocycles. The molecule has 8 nitrogen and oxygen atoms in total. The Hall–Kier alpha value is -5.26. The van der Waals surface area contributed by atoms with Crippen molar-refractivity contribution in [2.45, 2.75) is 56.8 Å². The Balaban J connectivity index is 1.04. The van der Waals surface area contributed by atoms with E-state index < -0.39 is 17.6 Å². The van der Waals surface area contributed by atoms with E-state index in [1.807, 2.05) is 70.1 Å². The second-order valence-corrected chi connectivity index (χ2v) is 16.9. The maximum Gasteiger partial charge on any atom is 0.416 e. The highest BCUT2D eigenvalue weighted by molar-refractivity contribution is 6.32. The first-order chi connectivity index (χ1) is 28.0. The minimum atomic E-state index is -4.63. The Kier molecular flexibility index (Phi) is 9.09. The number of hydrogen-bond donors (Lipinski definition) is 2. The number of aromatic nitrogens is 3. The summed E-state index contributed by atoms with van der Waals surface area (Å²) in [4.78, 5) is 40.3. The first kappa shape index (κ1) is 37.0. The average Bonchev–Trinajstić information content (AvgIpc) is 3.79. The van der Waals surface area contributed by atoms with Crippen LogP contribution in [-0.4, -0.2) is 56.9 Å². The fraction of sp³-hybridized carbons (Fsp3) is 0.311. The van der Waals surface area contributed by atoms with Crippen molar-refractivity contribution in [1.82, 2.24) is 19.4 Å². The van der Waals surface area contributed by atoms with Crippen molar-refractivity contribution in [2.75, 3.05) is 29.9 Å². The molecule has 0 spiro atoms. The predicted octanol–water partition coefficient (Wildman–Crippen LogP) is 10.8. The number of carbonyl (C=O) groups excluding carboxylic acids is 2. The van der Waals surface area contributed by atoms with Crippen LogP contribution in [-0.2, 0) is 11.0 Å². The van der Waals surface area contributed by atoms with Gasteiger partial charge in [0.05, 0.1) is 40.7 Å². The van der Waals surface area contributed by atoms with Gasteiger partial charge in [0.15, 0.2) is 0 Å². The lowest BCUT2D eigenvalue weighted by Crippen LogP contribution is -2.47. The van der Waals surface area contributed by atoms with Crippen molar-refractivity contribution in [3.8, 4) is 22.5 Å². The minimum Gasteiger partial charge on any atom is -0.370 e. The van der Waals surface area contributed by atoms with E-state index in [4.69, 9.17) is 28.2 Å². The Morgan fingerprint density at radius 3 is 2.33 bits per heavy atom. The number of imidazole rings is 1. The second-order valence-electron chi connectivity index (χ2n) is 16.0. The number of amides is 2. The molecule has 0 bridgehead atoms. The lowest BCUT2D eigenvalue weighted by Gasteiger charge is -2.39. The van der Waals surface area contributed by atoms with Crippen molar-refractivity contribution in [3.63, 3.8) is 0 Å². The molecule has 58 heavy (non-hydrogen) atoms. The highest BCUT2D eigenvalue weighted by Crippen LogP contribution is 2.50. The molecule has 3 unspecified atom stereocenters. The number of carbonyl (C=O) groups is 2. The molecule has 1 aliphatic carbocycles. The van der Waals surface area contributed by atoms with Gasteiger partial charge >= 0.3 is 6.18 Å². The van der Waals surface area contributed by atoms with Crippen LogP contribution in [0.25, 0.3) is 33.4 Å². The van der Waals surface area contributed by atoms with Crippen molar-refractivity contribution in [2.24, 2.45) is 11.8 Å². The van der Waals surface area contributed by atoms with Crippen molar-refractivity contribution >= 4 is 57.3 Å². The summed E-state index contributed by atoms with van der Waals surface area (Å²) in [6.07, 6.45) is 2.45. The Labute approximate surface area is 343 Å². The van der Waals surface area contributed by atoms with Crippen LogP contribution in [0.4, 0.5) is 24.5 Å². The minimum absolute atomic E-state index is 0.0523. The van der Waals surface area contributed by atoms with Gasteiger partial charge in [-0.25, -0.2) is 4.98 Å². The third-order valence-electron chi connectivity index (χ3n) is 12.8. The van der Waals surface area contributed by atoms with E-state index in [-0.39, 0.29) is 29.4 Å². The highest BCUT2D eigenvalue weighted by Gasteiger charge is 2.40. The van der Waals surface area contributed by atoms with Gasteiger partial charge in [0.25, 0.3) is 5.91 Å². The molecular formula is C45H39Cl2F3N6O2. The van der Waals surface area contributed by atoms with Crippen LogP contribution in [0.5, 0.6) is 0 Å². The van der Waals surface area contributed by atoms with E-state index >= 15 is 0 Å². The summed E-state index contributed by atoms with van der Waals surface area (Å²) in [7, 11) is 0. The molecule has 3 fully saturated rings. The molecule has 1 saturated carbocycles. The summed E-state index contributed by atoms with van der Waals surface area (Å²) in [6, 6.07) is 24.1. The maximum absolute atomic E-state index is 14.8. The average molecular weight is 824 g/mol. The summed E-state index contributed by atoms with van der Waals surface area (Å²) in [5.74, 6) is 0.751. The maximum atomic E-state index is 14.8.